The van der Waals surface area contributed by atoms with Gasteiger partial charge in [0.1, 0.15) is 6.61 Å². The molecule has 0 radical (unpaired) electrons. The first kappa shape index (κ1) is 52.5. The third-order valence-electron chi connectivity index (χ3n) is 8.58. The summed E-state index contributed by atoms with van der Waals surface area (Å²) in [5.41, 5.74) is 5.34. The molecule has 9 nitrogen and oxygen atoms in total. The molecule has 0 heterocycles. The minimum Gasteiger partial charge on any atom is -0.462 e. The second-order valence-electron chi connectivity index (χ2n) is 13.8. The van der Waals surface area contributed by atoms with Gasteiger partial charge in [0.25, 0.3) is 0 Å². The summed E-state index contributed by atoms with van der Waals surface area (Å²) >= 11 is 0. The topological polar surface area (TPSA) is 134 Å². The number of phosphoric acid groups is 1. The fourth-order valence-corrected chi connectivity index (χ4v) is 6.14. The normalized spacial score (nSPS) is 14.0. The molecule has 0 aliphatic carbocycles. The van der Waals surface area contributed by atoms with Gasteiger partial charge in [-0.2, -0.15) is 0 Å². The van der Waals surface area contributed by atoms with Gasteiger partial charge in [-0.05, 0) is 77.0 Å². The number of hydrogen-bond donors (Lipinski definition) is 2. The van der Waals surface area contributed by atoms with Gasteiger partial charge < -0.3 is 20.1 Å². The summed E-state index contributed by atoms with van der Waals surface area (Å²) in [6.45, 7) is 3.59. The number of unbranched alkanes of at least 4 members (excludes halogenated alkanes) is 14. The second kappa shape index (κ2) is 41.1. The number of phosphoric ester groups is 1. The molecule has 2 atom stereocenters. The van der Waals surface area contributed by atoms with Gasteiger partial charge in [-0.3, -0.25) is 18.6 Å². The van der Waals surface area contributed by atoms with Crippen molar-refractivity contribution in [2.45, 2.75) is 174 Å². The molecule has 1 unspecified atom stereocenters. The summed E-state index contributed by atoms with van der Waals surface area (Å²) in [6, 6.07) is 0. The molecule has 0 saturated carbocycles. The summed E-state index contributed by atoms with van der Waals surface area (Å²) in [4.78, 5) is 34.8. The average molecular weight is 792 g/mol. The third-order valence-corrected chi connectivity index (χ3v) is 9.56. The summed E-state index contributed by atoms with van der Waals surface area (Å²) in [5, 5.41) is 0. The van der Waals surface area contributed by atoms with Crippen molar-refractivity contribution in [3.63, 3.8) is 0 Å². The van der Waals surface area contributed by atoms with Gasteiger partial charge in [0.2, 0.25) is 0 Å². The lowest BCUT2D eigenvalue weighted by atomic mass is 10.1. The van der Waals surface area contributed by atoms with E-state index in [9.17, 15) is 19.0 Å². The molecule has 10 heteroatoms. The highest BCUT2D eigenvalue weighted by Crippen LogP contribution is 2.43. The Morgan fingerprint density at radius 3 is 1.53 bits per heavy atom. The Bertz CT molecular complexity index is 1130. The first-order valence-corrected chi connectivity index (χ1v) is 22.9. The lowest BCUT2D eigenvalue weighted by molar-refractivity contribution is -0.161. The Hall–Kier alpha value is -2.55. The van der Waals surface area contributed by atoms with Crippen LogP contribution in [0.4, 0.5) is 0 Å². The number of esters is 2. The van der Waals surface area contributed by atoms with Crippen LogP contribution in [0.1, 0.15) is 168 Å². The van der Waals surface area contributed by atoms with E-state index in [0.717, 1.165) is 57.8 Å². The SMILES string of the molecule is CCCCCC=CCC=CCC=CCC=CCC=CCCC(=O)O[C@H](COC(=O)CCCCCCCC=CCCCCCCCC)COP(=O)(O)OCCN. The van der Waals surface area contributed by atoms with E-state index < -0.39 is 32.5 Å². The van der Waals surface area contributed by atoms with Crippen molar-refractivity contribution < 1.29 is 37.6 Å². The zero-order valence-electron chi connectivity index (χ0n) is 34.6. The van der Waals surface area contributed by atoms with Crippen molar-refractivity contribution in [3.05, 3.63) is 72.9 Å². The van der Waals surface area contributed by atoms with Crippen molar-refractivity contribution in [1.82, 2.24) is 0 Å². The Balaban J connectivity index is 4.32. The Morgan fingerprint density at radius 2 is 0.982 bits per heavy atom. The van der Waals surface area contributed by atoms with E-state index in [1.807, 2.05) is 12.2 Å². The van der Waals surface area contributed by atoms with Crippen molar-refractivity contribution in [3.8, 4) is 0 Å². The summed E-state index contributed by atoms with van der Waals surface area (Å²) in [6.07, 6.45) is 49.4. The maximum atomic E-state index is 12.5. The van der Waals surface area contributed by atoms with Crippen LogP contribution in [0.3, 0.4) is 0 Å². The summed E-state index contributed by atoms with van der Waals surface area (Å²) < 4.78 is 32.7. The van der Waals surface area contributed by atoms with Crippen LogP contribution >= 0.6 is 7.82 Å². The Morgan fingerprint density at radius 1 is 0.545 bits per heavy atom. The fourth-order valence-electron chi connectivity index (χ4n) is 5.37. The van der Waals surface area contributed by atoms with Gasteiger partial charge in [0, 0.05) is 19.4 Å². The molecule has 0 bridgehead atoms. The number of hydrogen-bond acceptors (Lipinski definition) is 8. The second-order valence-corrected chi connectivity index (χ2v) is 15.3. The predicted octanol–water partition coefficient (Wildman–Crippen LogP) is 12.3. The molecule has 0 aliphatic heterocycles. The molecule has 0 aliphatic rings. The highest BCUT2D eigenvalue weighted by Gasteiger charge is 2.25. The molecule has 0 aromatic rings. The number of rotatable bonds is 39. The molecule has 316 valence electrons. The predicted molar refractivity (Wildman–Crippen MR) is 229 cm³/mol. The van der Waals surface area contributed by atoms with Crippen LogP contribution in [0.2, 0.25) is 0 Å². The van der Waals surface area contributed by atoms with Gasteiger partial charge in [0.05, 0.1) is 13.2 Å². The molecule has 0 aromatic carbocycles. The van der Waals surface area contributed by atoms with E-state index in [1.54, 1.807) is 0 Å². The molecular weight excluding hydrogens is 713 g/mol. The van der Waals surface area contributed by atoms with Crippen LogP contribution in [0.15, 0.2) is 72.9 Å². The maximum absolute atomic E-state index is 12.5. The van der Waals surface area contributed by atoms with Crippen LogP contribution in [0.5, 0.6) is 0 Å². The van der Waals surface area contributed by atoms with Crippen LogP contribution in [0.25, 0.3) is 0 Å². The van der Waals surface area contributed by atoms with Crippen LogP contribution in [-0.4, -0.2) is 49.3 Å². The van der Waals surface area contributed by atoms with E-state index in [0.29, 0.717) is 12.8 Å². The van der Waals surface area contributed by atoms with Crippen molar-refractivity contribution >= 4 is 19.8 Å². The first-order valence-electron chi connectivity index (χ1n) is 21.4. The minimum absolute atomic E-state index is 0.0379. The molecule has 0 amide bonds. The number of carbonyl (C=O) groups excluding carboxylic acids is 2. The number of allylic oxidation sites excluding steroid dienone is 12. The van der Waals surface area contributed by atoms with Gasteiger partial charge in [0.15, 0.2) is 6.10 Å². The van der Waals surface area contributed by atoms with Gasteiger partial charge in [-0.15, -0.1) is 0 Å². The van der Waals surface area contributed by atoms with Crippen LogP contribution in [0, 0.1) is 0 Å². The fraction of sp³-hybridized carbons (Fsp3) is 0.689. The standard InChI is InChI=1S/C45H78NO8P/c1-3-5-7-9-11-13-15-17-19-20-21-22-24-26-28-30-32-34-36-38-45(48)54-43(42-53-55(49,50)52-40-39-46)41-51-44(47)37-35-33-31-29-27-25-23-18-16-14-12-10-8-6-4-2/h11,13,17-19,21-23,26,28,32,34,43H,3-10,12,14-16,20,24-25,27,29-31,33,35-42,46H2,1-2H3,(H,49,50)/t43-/m1/s1. The van der Waals surface area contributed by atoms with Gasteiger partial charge >= 0.3 is 19.8 Å². The number of carbonyl (C=O) groups is 2. The monoisotopic (exact) mass is 792 g/mol. The van der Waals surface area contributed by atoms with E-state index >= 15 is 0 Å². The highest BCUT2D eigenvalue weighted by molar-refractivity contribution is 7.47. The van der Waals surface area contributed by atoms with Gasteiger partial charge in [-0.1, -0.05) is 151 Å². The zero-order chi connectivity index (χ0) is 40.3. The lowest BCUT2D eigenvalue weighted by Crippen LogP contribution is -2.29. The first-order chi connectivity index (χ1) is 26.8. The van der Waals surface area contributed by atoms with Gasteiger partial charge in [-0.25, -0.2) is 4.57 Å². The Labute approximate surface area is 335 Å². The largest absolute Gasteiger partial charge is 0.472 e. The van der Waals surface area contributed by atoms with E-state index in [2.05, 4.69) is 74.6 Å². The van der Waals surface area contributed by atoms with Crippen LogP contribution in [-0.2, 0) is 32.7 Å². The number of nitrogens with two attached hydrogens (primary N) is 1. The van der Waals surface area contributed by atoms with E-state index in [4.69, 9.17) is 24.3 Å². The number of ether oxygens (including phenoxy) is 2. The highest BCUT2D eigenvalue weighted by atomic mass is 31.2. The van der Waals surface area contributed by atoms with Crippen molar-refractivity contribution in [2.24, 2.45) is 5.73 Å². The van der Waals surface area contributed by atoms with Crippen molar-refractivity contribution in [1.29, 1.82) is 0 Å². The van der Waals surface area contributed by atoms with E-state index in [1.165, 1.54) is 70.6 Å². The zero-order valence-corrected chi connectivity index (χ0v) is 35.5. The van der Waals surface area contributed by atoms with Crippen molar-refractivity contribution in [2.75, 3.05) is 26.4 Å². The van der Waals surface area contributed by atoms with E-state index in [-0.39, 0.29) is 32.6 Å². The smallest absolute Gasteiger partial charge is 0.462 e. The molecular formula is C45H78NO8P. The molecule has 55 heavy (non-hydrogen) atoms. The molecule has 0 spiro atoms. The molecule has 0 saturated heterocycles. The maximum Gasteiger partial charge on any atom is 0.472 e. The molecule has 3 N–H and O–H groups in total. The van der Waals surface area contributed by atoms with Crippen LogP contribution < -0.4 is 5.73 Å². The summed E-state index contributed by atoms with van der Waals surface area (Å²) in [5.74, 6) is -0.940. The minimum atomic E-state index is -4.40. The molecule has 0 rings (SSSR count). The summed E-state index contributed by atoms with van der Waals surface area (Å²) in [7, 11) is -4.40. The lowest BCUT2D eigenvalue weighted by Gasteiger charge is -2.19. The quantitative estimate of drug-likeness (QED) is 0.0270. The molecule has 0 fully saturated rings. The molecule has 0 aromatic heterocycles. The third kappa shape index (κ3) is 40.9. The average Bonchev–Trinajstić information content (AvgIpc) is 3.17. The Kier molecular flexibility index (Phi) is 39.2.